The largest absolute Gasteiger partial charge is 0.309 e. The van der Waals surface area contributed by atoms with E-state index in [0.717, 1.165) is 0 Å². The zero-order valence-corrected chi connectivity index (χ0v) is 74.6. The summed E-state index contributed by atoms with van der Waals surface area (Å²) in [6.07, 6.45) is 4.51. The Morgan fingerprint density at radius 2 is 0.467 bits per heavy atom. The highest BCUT2D eigenvalue weighted by molar-refractivity contribution is 6.43. The van der Waals surface area contributed by atoms with Crippen LogP contribution in [0.5, 0.6) is 0 Å². The fourth-order valence-electron chi connectivity index (χ4n) is 25.1. The van der Waals surface area contributed by atoms with Crippen LogP contribution >= 0.6 is 0 Å². The molecule has 8 aliphatic rings. The second-order valence-corrected chi connectivity index (χ2v) is 37.6. The number of aromatic nitrogens is 1. The molecule has 0 fully saturated rings. The van der Waals surface area contributed by atoms with E-state index in [4.69, 9.17) is 0 Å². The van der Waals surface area contributed by atoms with Gasteiger partial charge in [-0.15, -0.1) is 0 Å². The molecule has 0 saturated carbocycles. The molecular weight excluding hydrogens is 1650 g/mol. The molecule has 8 aliphatic carbocycles. The molecule has 628 valence electrons. The topological polar surface area (TPSA) is 4.93 Å². The van der Waals surface area contributed by atoms with Gasteiger partial charge in [0, 0.05) is 16.5 Å². The first-order valence-corrected chi connectivity index (χ1v) is 47.8. The zero-order valence-electron chi connectivity index (χ0n) is 74.6. The van der Waals surface area contributed by atoms with Crippen LogP contribution in [0.4, 0.5) is 0 Å². The minimum Gasteiger partial charge on any atom is -0.309 e. The third-order valence-electron chi connectivity index (χ3n) is 30.7. The number of hydrogen-bond donors (Lipinski definition) is 0. The maximum Gasteiger partial charge on any atom is 0.0541 e. The van der Waals surface area contributed by atoms with Gasteiger partial charge < -0.3 is 4.57 Å². The van der Waals surface area contributed by atoms with E-state index in [1.54, 1.807) is 0 Å². The number of para-hydroxylation sites is 2. The fourth-order valence-corrected chi connectivity index (χ4v) is 25.1. The Hall–Kier alpha value is -17.9. The molecule has 1 nitrogen and oxygen atoms in total. The lowest BCUT2D eigenvalue weighted by atomic mass is 9.86. The summed E-state index contributed by atoms with van der Waals surface area (Å²) in [5.74, 6) is 0. The van der Waals surface area contributed by atoms with Gasteiger partial charge in [0.15, 0.2) is 0 Å². The molecular formula is C136H79N. The van der Waals surface area contributed by atoms with Crippen molar-refractivity contribution in [2.24, 2.45) is 0 Å². The Morgan fingerprint density at radius 3 is 0.993 bits per heavy atom. The standard InChI is InChI=1S/C48H29N.C46H26.C42H24/c1-3-14-31(15-4-1)44-40-27-32-16-7-8-17-33(32)28-41(40)48-45(46-36-20-10-9-13-30(36)23-25-38(46)47(44)48)34-24-26-43-39(29-34)37-21-11-12-22-42(37)49(43)35-18-5-2-6-19-35;1-2-12-30(13-3-1)42-43-32-16-6-4-10-27(32)21-25-38(43)45-41(37-24-20-28-11-5-7-17-33(28)44(37)46(42)45)31-22-23-34-35-18-8-14-29-15-9-19-36(40(29)35)39(34)26-31;1-2-11-27(12-3-1)37-38-30-14-6-4-9-25(30)20-24-35(38)41-40(33-22-21-29-18-17-28-13-8-16-32(33)36(28)29)34-23-19-26-10-5-7-15-31(26)39(34)42(37)41/h1-29H;1-26H;1-24H. The second-order valence-electron chi connectivity index (χ2n) is 37.6. The van der Waals surface area contributed by atoms with Crippen LogP contribution in [-0.2, 0) is 0 Å². The molecule has 0 bridgehead atoms. The first kappa shape index (κ1) is 75.8. The molecule has 1 aromatic heterocycles. The van der Waals surface area contributed by atoms with Crippen LogP contribution < -0.4 is 0 Å². The average Bonchev–Trinajstić information content (AvgIpc) is 1.53. The van der Waals surface area contributed by atoms with E-state index in [1.807, 2.05) is 0 Å². The summed E-state index contributed by atoms with van der Waals surface area (Å²) in [6, 6.07) is 173. The Kier molecular flexibility index (Phi) is 16.2. The van der Waals surface area contributed by atoms with E-state index in [9.17, 15) is 0 Å². The maximum atomic E-state index is 2.47. The second kappa shape index (κ2) is 29.3. The van der Waals surface area contributed by atoms with Gasteiger partial charge in [0.05, 0.1) is 11.0 Å². The minimum absolute atomic E-state index is 1.18. The number of hydrogen-bond acceptors (Lipinski definition) is 0. The van der Waals surface area contributed by atoms with Crippen LogP contribution in [0.25, 0.3) is 215 Å². The monoisotopic (exact) mass is 1730 g/mol. The number of rotatable bonds is 7. The summed E-state index contributed by atoms with van der Waals surface area (Å²) in [6.45, 7) is 0. The van der Waals surface area contributed by atoms with Crippen LogP contribution in [0.3, 0.4) is 0 Å². The molecule has 0 saturated heterocycles. The highest BCUT2D eigenvalue weighted by Crippen LogP contribution is 2.66. The third-order valence-corrected chi connectivity index (χ3v) is 30.7. The third kappa shape index (κ3) is 10.9. The normalized spacial score (nSPS) is 13.9. The molecule has 0 unspecified atom stereocenters. The number of fused-ring (bicyclic) bond motifs is 32. The lowest BCUT2D eigenvalue weighted by molar-refractivity contribution is 1.18. The summed E-state index contributed by atoms with van der Waals surface area (Å²) in [5, 5.41) is 23.4. The lowest BCUT2D eigenvalue weighted by Gasteiger charge is -2.16. The predicted molar refractivity (Wildman–Crippen MR) is 581 cm³/mol. The molecule has 0 N–H and O–H groups in total. The van der Waals surface area contributed by atoms with Gasteiger partial charge in [-0.2, -0.15) is 0 Å². The van der Waals surface area contributed by atoms with Crippen molar-refractivity contribution in [2.75, 3.05) is 0 Å². The summed E-state index contributed by atoms with van der Waals surface area (Å²) >= 11 is 0. The van der Waals surface area contributed by atoms with Gasteiger partial charge >= 0.3 is 0 Å². The van der Waals surface area contributed by atoms with Gasteiger partial charge in [-0.05, 0) is 335 Å². The van der Waals surface area contributed by atoms with Gasteiger partial charge in [0.25, 0.3) is 0 Å². The fraction of sp³-hybridized carbons (Fsp3) is 0. The maximum absolute atomic E-state index is 2.47. The van der Waals surface area contributed by atoms with Gasteiger partial charge in [-0.3, -0.25) is 0 Å². The molecule has 0 atom stereocenters. The SMILES string of the molecule is C1=Cc2ccc(C3=C4C(=C(c5ccccc5)c5c4ccc4ccccc54)c4c3ccc3ccccc43)c3cccc1c23.c1ccc(C2=C3C(=C(c4ccc5c(c4)-c4cccc6cccc-5c46)c4ccc5ccccc5c43)c3ccc4ccccc4c32)cc1.c1ccc(C2=C3C(=C(c4ccc5c(c4)c4ccccc4n5-c4ccccc4)c4c3ccc3ccccc43)c3cc4ccccc4cc32)cc1. The van der Waals surface area contributed by atoms with Crippen molar-refractivity contribution in [2.45, 2.75) is 0 Å². The molecule has 32 rings (SSSR count). The van der Waals surface area contributed by atoms with Gasteiger partial charge in [0.2, 0.25) is 0 Å². The van der Waals surface area contributed by atoms with Crippen LogP contribution in [0, 0.1) is 0 Å². The quantitative estimate of drug-likeness (QED) is 0.150. The first-order valence-electron chi connectivity index (χ1n) is 47.8. The average molecular weight is 1730 g/mol. The van der Waals surface area contributed by atoms with E-state index < -0.39 is 0 Å². The molecule has 1 heteroatoms. The van der Waals surface area contributed by atoms with Crippen molar-refractivity contribution in [1.29, 1.82) is 0 Å². The van der Waals surface area contributed by atoms with Crippen LogP contribution in [0.2, 0.25) is 0 Å². The van der Waals surface area contributed by atoms with E-state index in [0.29, 0.717) is 0 Å². The minimum atomic E-state index is 1.18. The van der Waals surface area contributed by atoms with Gasteiger partial charge in [-0.25, -0.2) is 0 Å². The van der Waals surface area contributed by atoms with E-state index in [2.05, 4.69) is 484 Å². The smallest absolute Gasteiger partial charge is 0.0541 e. The molecule has 23 aromatic carbocycles. The van der Waals surface area contributed by atoms with E-state index in [-0.39, 0.29) is 0 Å². The number of benzene rings is 23. The summed E-state index contributed by atoms with van der Waals surface area (Å²) in [5.41, 5.74) is 51.4. The van der Waals surface area contributed by atoms with Crippen LogP contribution in [0.1, 0.15) is 111 Å². The summed E-state index contributed by atoms with van der Waals surface area (Å²) in [4.78, 5) is 0. The first-order chi connectivity index (χ1) is 68.0. The Bertz CT molecular complexity index is 9820. The Labute approximate surface area is 792 Å². The zero-order chi connectivity index (χ0) is 89.3. The molecule has 0 spiro atoms. The highest BCUT2D eigenvalue weighted by Gasteiger charge is 2.44. The van der Waals surface area contributed by atoms with Crippen LogP contribution in [-0.4, -0.2) is 4.57 Å². The lowest BCUT2D eigenvalue weighted by Crippen LogP contribution is -1.95. The molecule has 1 heterocycles. The summed E-state index contributed by atoms with van der Waals surface area (Å²) in [7, 11) is 0. The molecule has 0 radical (unpaired) electrons. The molecule has 24 aromatic rings. The van der Waals surface area contributed by atoms with E-state index >= 15 is 0 Å². The highest BCUT2D eigenvalue weighted by atomic mass is 15.0. The van der Waals surface area contributed by atoms with Crippen molar-refractivity contribution in [1.82, 2.24) is 4.57 Å². The van der Waals surface area contributed by atoms with Gasteiger partial charge in [-0.1, -0.05) is 431 Å². The summed E-state index contributed by atoms with van der Waals surface area (Å²) < 4.78 is 2.40. The van der Waals surface area contributed by atoms with Crippen LogP contribution in [0.15, 0.2) is 467 Å². The molecule has 0 amide bonds. The van der Waals surface area contributed by atoms with Crippen molar-refractivity contribution in [3.05, 3.63) is 578 Å². The number of nitrogens with zero attached hydrogens (tertiary/aromatic N) is 1. The predicted octanol–water partition coefficient (Wildman–Crippen LogP) is 35.2. The van der Waals surface area contributed by atoms with Crippen molar-refractivity contribution in [3.63, 3.8) is 0 Å². The Morgan fingerprint density at radius 1 is 0.131 bits per heavy atom. The van der Waals surface area contributed by atoms with Crippen molar-refractivity contribution >= 4 is 187 Å². The van der Waals surface area contributed by atoms with Gasteiger partial charge in [0.1, 0.15) is 0 Å². The van der Waals surface area contributed by atoms with E-state index in [1.165, 1.54) is 314 Å². The Balaban J connectivity index is 0.0000000976. The molecule has 137 heavy (non-hydrogen) atoms. The molecule has 0 aliphatic heterocycles. The van der Waals surface area contributed by atoms with Crippen molar-refractivity contribution in [3.8, 4) is 27.9 Å². The number of allylic oxidation sites excluding steroid dienone is 6. The van der Waals surface area contributed by atoms with Crippen molar-refractivity contribution < 1.29 is 0 Å².